The molecule has 4 nitrogen and oxygen atoms in total. The van der Waals surface area contributed by atoms with Gasteiger partial charge >= 0.3 is 0 Å². The fraction of sp³-hybridized carbons (Fsp3) is 0.235. The Morgan fingerprint density at radius 3 is 2.14 bits per heavy atom. The minimum atomic E-state index is -0.0870. The van der Waals surface area contributed by atoms with Gasteiger partial charge in [-0.05, 0) is 42.5 Å². The highest BCUT2D eigenvalue weighted by molar-refractivity contribution is 6.11. The SMILES string of the molecule is COc1ccc(OC)c(C(=O)c2ccc(N(C)C)cc2)c1. The van der Waals surface area contributed by atoms with Crippen LogP contribution in [0.2, 0.25) is 0 Å². The molecule has 0 aromatic heterocycles. The van der Waals surface area contributed by atoms with Crippen molar-refractivity contribution in [2.45, 2.75) is 0 Å². The summed E-state index contributed by atoms with van der Waals surface area (Å²) in [5.74, 6) is 1.08. The van der Waals surface area contributed by atoms with Crippen LogP contribution < -0.4 is 14.4 Å². The molecule has 0 atom stereocenters. The Bertz CT molecular complexity index is 633. The Morgan fingerprint density at radius 1 is 0.952 bits per heavy atom. The average molecular weight is 285 g/mol. The van der Waals surface area contributed by atoms with Gasteiger partial charge in [0.2, 0.25) is 0 Å². The third kappa shape index (κ3) is 3.16. The van der Waals surface area contributed by atoms with Crippen molar-refractivity contribution in [3.8, 4) is 11.5 Å². The summed E-state index contributed by atoms with van der Waals surface area (Å²) in [6, 6.07) is 12.7. The van der Waals surface area contributed by atoms with Crippen LogP contribution in [0, 0.1) is 0 Å². The third-order valence-electron chi connectivity index (χ3n) is 3.30. The normalized spacial score (nSPS) is 10.1. The summed E-state index contributed by atoms with van der Waals surface area (Å²) in [4.78, 5) is 14.6. The lowest BCUT2D eigenvalue weighted by Crippen LogP contribution is -2.09. The molecule has 2 aromatic rings. The second kappa shape index (κ2) is 6.31. The minimum absolute atomic E-state index is 0.0870. The first-order chi connectivity index (χ1) is 10.1. The van der Waals surface area contributed by atoms with E-state index < -0.39 is 0 Å². The highest BCUT2D eigenvalue weighted by Gasteiger charge is 2.15. The van der Waals surface area contributed by atoms with Gasteiger partial charge in [-0.1, -0.05) is 0 Å². The van der Waals surface area contributed by atoms with Crippen LogP contribution >= 0.6 is 0 Å². The van der Waals surface area contributed by atoms with E-state index >= 15 is 0 Å². The van der Waals surface area contributed by atoms with Crippen LogP contribution in [0.15, 0.2) is 42.5 Å². The van der Waals surface area contributed by atoms with E-state index in [4.69, 9.17) is 9.47 Å². The molecule has 0 N–H and O–H groups in total. The smallest absolute Gasteiger partial charge is 0.196 e. The Labute approximate surface area is 124 Å². The minimum Gasteiger partial charge on any atom is -0.497 e. The zero-order valence-corrected chi connectivity index (χ0v) is 12.7. The molecule has 0 unspecified atom stereocenters. The Hall–Kier alpha value is -2.49. The quantitative estimate of drug-likeness (QED) is 0.792. The summed E-state index contributed by atoms with van der Waals surface area (Å²) in [5, 5.41) is 0. The highest BCUT2D eigenvalue weighted by atomic mass is 16.5. The number of anilines is 1. The number of hydrogen-bond acceptors (Lipinski definition) is 4. The van der Waals surface area contributed by atoms with Crippen LogP contribution in [0.25, 0.3) is 0 Å². The lowest BCUT2D eigenvalue weighted by molar-refractivity contribution is 0.103. The van der Waals surface area contributed by atoms with Crippen molar-refractivity contribution in [3.05, 3.63) is 53.6 Å². The number of carbonyl (C=O) groups excluding carboxylic acids is 1. The largest absolute Gasteiger partial charge is 0.497 e. The van der Waals surface area contributed by atoms with Crippen LogP contribution in [0.4, 0.5) is 5.69 Å². The standard InChI is InChI=1S/C17H19NO3/c1-18(2)13-7-5-12(6-8-13)17(19)15-11-14(20-3)9-10-16(15)21-4/h5-11H,1-4H3. The predicted molar refractivity (Wildman–Crippen MR) is 83.7 cm³/mol. The van der Waals surface area contributed by atoms with E-state index in [1.165, 1.54) is 0 Å². The molecule has 0 aliphatic rings. The molecule has 0 aliphatic carbocycles. The van der Waals surface area contributed by atoms with E-state index in [2.05, 4.69) is 0 Å². The van der Waals surface area contributed by atoms with Crippen LogP contribution in [-0.2, 0) is 0 Å². The number of hydrogen-bond donors (Lipinski definition) is 0. The van der Waals surface area contributed by atoms with Gasteiger partial charge in [-0.25, -0.2) is 0 Å². The van der Waals surface area contributed by atoms with E-state index in [1.54, 1.807) is 32.4 Å². The van der Waals surface area contributed by atoms with Gasteiger partial charge in [-0.3, -0.25) is 4.79 Å². The fourth-order valence-corrected chi connectivity index (χ4v) is 2.06. The zero-order chi connectivity index (χ0) is 15.4. The monoisotopic (exact) mass is 285 g/mol. The fourth-order valence-electron chi connectivity index (χ4n) is 2.06. The van der Waals surface area contributed by atoms with Gasteiger partial charge in [0.05, 0.1) is 19.8 Å². The molecule has 110 valence electrons. The number of benzene rings is 2. The van der Waals surface area contributed by atoms with E-state index in [0.29, 0.717) is 22.6 Å². The van der Waals surface area contributed by atoms with Crippen molar-refractivity contribution in [3.63, 3.8) is 0 Å². The van der Waals surface area contributed by atoms with Crippen LogP contribution in [0.5, 0.6) is 11.5 Å². The summed E-state index contributed by atoms with van der Waals surface area (Å²) in [5.41, 5.74) is 2.16. The first kappa shape index (κ1) is 14.9. The molecule has 0 radical (unpaired) electrons. The summed E-state index contributed by atoms with van der Waals surface area (Å²) in [7, 11) is 7.04. The number of methoxy groups -OCH3 is 2. The second-order valence-corrected chi connectivity index (χ2v) is 4.84. The summed E-state index contributed by atoms with van der Waals surface area (Å²) in [6.45, 7) is 0. The molecule has 2 rings (SSSR count). The van der Waals surface area contributed by atoms with Crippen molar-refractivity contribution in [2.24, 2.45) is 0 Å². The first-order valence-corrected chi connectivity index (χ1v) is 6.61. The van der Waals surface area contributed by atoms with Crippen molar-refractivity contribution < 1.29 is 14.3 Å². The van der Waals surface area contributed by atoms with Gasteiger partial charge in [-0.2, -0.15) is 0 Å². The molecule has 0 spiro atoms. The van der Waals surface area contributed by atoms with E-state index in [1.807, 2.05) is 43.3 Å². The van der Waals surface area contributed by atoms with Gasteiger partial charge in [0, 0.05) is 25.3 Å². The topological polar surface area (TPSA) is 38.8 Å². The van der Waals surface area contributed by atoms with Gasteiger partial charge in [0.1, 0.15) is 11.5 Å². The van der Waals surface area contributed by atoms with Gasteiger partial charge in [0.25, 0.3) is 0 Å². The molecule has 2 aromatic carbocycles. The van der Waals surface area contributed by atoms with Crippen molar-refractivity contribution in [1.29, 1.82) is 0 Å². The summed E-state index contributed by atoms with van der Waals surface area (Å²) in [6.07, 6.45) is 0. The lowest BCUT2D eigenvalue weighted by Gasteiger charge is -2.13. The molecule has 4 heteroatoms. The molecule has 21 heavy (non-hydrogen) atoms. The molecule has 0 saturated heterocycles. The van der Waals surface area contributed by atoms with E-state index in [-0.39, 0.29) is 5.78 Å². The third-order valence-corrected chi connectivity index (χ3v) is 3.30. The number of ether oxygens (including phenoxy) is 2. The zero-order valence-electron chi connectivity index (χ0n) is 12.7. The predicted octanol–water partition coefficient (Wildman–Crippen LogP) is 3.00. The molecule has 0 amide bonds. The van der Waals surface area contributed by atoms with E-state index in [0.717, 1.165) is 5.69 Å². The van der Waals surface area contributed by atoms with Gasteiger partial charge < -0.3 is 14.4 Å². The average Bonchev–Trinajstić information content (AvgIpc) is 2.53. The highest BCUT2D eigenvalue weighted by Crippen LogP contribution is 2.27. The first-order valence-electron chi connectivity index (χ1n) is 6.61. The number of carbonyl (C=O) groups is 1. The molecule has 0 fully saturated rings. The Kier molecular flexibility index (Phi) is 4.48. The molecule has 0 bridgehead atoms. The van der Waals surface area contributed by atoms with Crippen molar-refractivity contribution in [1.82, 2.24) is 0 Å². The number of rotatable bonds is 5. The maximum absolute atomic E-state index is 12.6. The number of ketones is 1. The number of nitrogens with zero attached hydrogens (tertiary/aromatic N) is 1. The van der Waals surface area contributed by atoms with Crippen molar-refractivity contribution >= 4 is 11.5 Å². The molecule has 0 heterocycles. The maximum atomic E-state index is 12.6. The van der Waals surface area contributed by atoms with Crippen LogP contribution in [0.1, 0.15) is 15.9 Å². The van der Waals surface area contributed by atoms with Gasteiger partial charge in [-0.15, -0.1) is 0 Å². The lowest BCUT2D eigenvalue weighted by atomic mass is 10.0. The summed E-state index contributed by atoms with van der Waals surface area (Å²) >= 11 is 0. The van der Waals surface area contributed by atoms with Gasteiger partial charge in [0.15, 0.2) is 5.78 Å². The maximum Gasteiger partial charge on any atom is 0.196 e. The van der Waals surface area contributed by atoms with Crippen LogP contribution in [0.3, 0.4) is 0 Å². The summed E-state index contributed by atoms with van der Waals surface area (Å²) < 4.78 is 10.4. The molecular formula is C17H19NO3. The molecular weight excluding hydrogens is 266 g/mol. The Morgan fingerprint density at radius 2 is 1.62 bits per heavy atom. The second-order valence-electron chi connectivity index (χ2n) is 4.84. The van der Waals surface area contributed by atoms with Crippen LogP contribution in [-0.4, -0.2) is 34.1 Å². The Balaban J connectivity index is 2.39. The van der Waals surface area contributed by atoms with Crippen molar-refractivity contribution in [2.75, 3.05) is 33.2 Å². The van der Waals surface area contributed by atoms with E-state index in [9.17, 15) is 4.79 Å². The molecule has 0 saturated carbocycles. The molecule has 0 aliphatic heterocycles.